The summed E-state index contributed by atoms with van der Waals surface area (Å²) in [7, 11) is 0. The van der Waals surface area contributed by atoms with Gasteiger partial charge in [-0.2, -0.15) is 0 Å². The van der Waals surface area contributed by atoms with Crippen LogP contribution in [0.5, 0.6) is 0 Å². The summed E-state index contributed by atoms with van der Waals surface area (Å²) < 4.78 is 26.4. The van der Waals surface area contributed by atoms with E-state index in [1.165, 1.54) is 0 Å². The Balaban J connectivity index is 2.21. The van der Waals surface area contributed by atoms with Crippen molar-refractivity contribution in [3.8, 4) is 0 Å². The van der Waals surface area contributed by atoms with E-state index in [1.807, 2.05) is 4.90 Å². The lowest BCUT2D eigenvalue weighted by Gasteiger charge is -2.35. The molecule has 0 spiro atoms. The zero-order valence-corrected chi connectivity index (χ0v) is 8.26. The van der Waals surface area contributed by atoms with Crippen LogP contribution in [0.3, 0.4) is 0 Å². The molecule has 76 valence electrons. The Morgan fingerprint density at radius 2 is 1.62 bits per heavy atom. The fourth-order valence-electron chi connectivity index (χ4n) is 2.99. The van der Waals surface area contributed by atoms with Gasteiger partial charge < -0.3 is 0 Å². The molecule has 13 heavy (non-hydrogen) atoms. The second-order valence-electron chi connectivity index (χ2n) is 4.77. The molecule has 2 aliphatic heterocycles. The molecule has 3 heteroatoms. The van der Waals surface area contributed by atoms with Crippen LogP contribution in [-0.4, -0.2) is 35.9 Å². The van der Waals surface area contributed by atoms with E-state index in [0.717, 1.165) is 0 Å². The molecule has 2 atom stereocenters. The van der Waals surface area contributed by atoms with Gasteiger partial charge in [-0.1, -0.05) is 13.8 Å². The van der Waals surface area contributed by atoms with E-state index < -0.39 is 12.3 Å². The average molecular weight is 189 g/mol. The molecule has 0 aromatic rings. The molecule has 0 amide bonds. The number of hydrogen-bond acceptors (Lipinski definition) is 1. The van der Waals surface area contributed by atoms with Crippen LogP contribution in [0, 0.1) is 5.92 Å². The van der Waals surface area contributed by atoms with Gasteiger partial charge in [0, 0.05) is 18.6 Å². The minimum atomic E-state index is -0.741. The van der Waals surface area contributed by atoms with Gasteiger partial charge in [0.05, 0.1) is 0 Å². The SMILES string of the molecule is CC(C)C12C[C@@H](F)CN1C[C@H](F)C2. The molecule has 0 unspecified atom stereocenters. The smallest absolute Gasteiger partial charge is 0.115 e. The van der Waals surface area contributed by atoms with Crippen LogP contribution in [0.15, 0.2) is 0 Å². The maximum Gasteiger partial charge on any atom is 0.115 e. The number of nitrogens with zero attached hydrogens (tertiary/aromatic N) is 1. The summed E-state index contributed by atoms with van der Waals surface area (Å²) in [6, 6.07) is 0. The van der Waals surface area contributed by atoms with Crippen LogP contribution in [0.2, 0.25) is 0 Å². The molecule has 0 saturated carbocycles. The molecule has 0 aliphatic carbocycles. The fraction of sp³-hybridized carbons (Fsp3) is 1.00. The van der Waals surface area contributed by atoms with Gasteiger partial charge in [-0.05, 0) is 18.8 Å². The molecule has 2 fully saturated rings. The summed E-state index contributed by atoms with van der Waals surface area (Å²) in [6.45, 7) is 5.03. The predicted molar refractivity (Wildman–Crippen MR) is 48.2 cm³/mol. The summed E-state index contributed by atoms with van der Waals surface area (Å²) in [5.41, 5.74) is -0.168. The number of halogens is 2. The van der Waals surface area contributed by atoms with E-state index in [0.29, 0.717) is 31.8 Å². The molecular formula is C10H17F2N. The highest BCUT2D eigenvalue weighted by Gasteiger charge is 2.53. The van der Waals surface area contributed by atoms with Gasteiger partial charge in [0.1, 0.15) is 12.3 Å². The molecule has 2 rings (SSSR count). The monoisotopic (exact) mass is 189 g/mol. The first-order chi connectivity index (χ1) is 6.04. The quantitative estimate of drug-likeness (QED) is 0.611. The lowest BCUT2D eigenvalue weighted by atomic mass is 9.82. The van der Waals surface area contributed by atoms with Crippen molar-refractivity contribution in [3.05, 3.63) is 0 Å². The summed E-state index contributed by atoms with van der Waals surface area (Å²) in [6.07, 6.45) is -0.416. The van der Waals surface area contributed by atoms with Crippen molar-refractivity contribution in [1.82, 2.24) is 4.90 Å². The third-order valence-electron chi connectivity index (χ3n) is 3.69. The lowest BCUT2D eigenvalue weighted by Crippen LogP contribution is -2.42. The Kier molecular flexibility index (Phi) is 2.10. The van der Waals surface area contributed by atoms with E-state index in [-0.39, 0.29) is 5.54 Å². The lowest BCUT2D eigenvalue weighted by molar-refractivity contribution is 0.136. The first kappa shape index (κ1) is 9.38. The number of fused-ring (bicyclic) bond motifs is 1. The largest absolute Gasteiger partial charge is 0.291 e. The highest BCUT2D eigenvalue weighted by atomic mass is 19.1. The van der Waals surface area contributed by atoms with Crippen molar-refractivity contribution in [1.29, 1.82) is 0 Å². The van der Waals surface area contributed by atoms with Gasteiger partial charge in [0.25, 0.3) is 0 Å². The summed E-state index contributed by atoms with van der Waals surface area (Å²) in [5, 5.41) is 0. The molecule has 0 aromatic heterocycles. The Bertz CT molecular complexity index is 191. The first-order valence-electron chi connectivity index (χ1n) is 5.08. The van der Waals surface area contributed by atoms with Crippen LogP contribution < -0.4 is 0 Å². The van der Waals surface area contributed by atoms with E-state index in [2.05, 4.69) is 13.8 Å². The standard InChI is InChI=1S/C10H17F2N/c1-7(2)10-3-8(11)5-13(10)6-9(12)4-10/h7-9H,3-6H2,1-2H3/t8-,9-/m1/s1. The van der Waals surface area contributed by atoms with Crippen molar-refractivity contribution in [2.75, 3.05) is 13.1 Å². The molecule has 2 saturated heterocycles. The molecule has 2 heterocycles. The molecule has 0 aromatic carbocycles. The Hall–Kier alpha value is -0.180. The second-order valence-corrected chi connectivity index (χ2v) is 4.77. The minimum Gasteiger partial charge on any atom is -0.291 e. The van der Waals surface area contributed by atoms with Crippen molar-refractivity contribution in [3.63, 3.8) is 0 Å². The number of alkyl halides is 2. The van der Waals surface area contributed by atoms with Gasteiger partial charge in [-0.3, -0.25) is 4.90 Å². The van der Waals surface area contributed by atoms with Crippen LogP contribution >= 0.6 is 0 Å². The van der Waals surface area contributed by atoms with Gasteiger partial charge >= 0.3 is 0 Å². The third-order valence-corrected chi connectivity index (χ3v) is 3.69. The Morgan fingerprint density at radius 3 is 1.92 bits per heavy atom. The molecule has 1 nitrogen and oxygen atoms in total. The Morgan fingerprint density at radius 1 is 1.15 bits per heavy atom. The van der Waals surface area contributed by atoms with E-state index in [1.54, 1.807) is 0 Å². The zero-order chi connectivity index (χ0) is 9.64. The average Bonchev–Trinajstić information content (AvgIpc) is 2.40. The molecule has 0 radical (unpaired) electrons. The molecular weight excluding hydrogens is 172 g/mol. The summed E-state index contributed by atoms with van der Waals surface area (Å²) >= 11 is 0. The summed E-state index contributed by atoms with van der Waals surface area (Å²) in [4.78, 5) is 2.02. The van der Waals surface area contributed by atoms with Gasteiger partial charge in [0.2, 0.25) is 0 Å². The van der Waals surface area contributed by atoms with Crippen LogP contribution in [0.4, 0.5) is 8.78 Å². The van der Waals surface area contributed by atoms with Gasteiger partial charge in [-0.25, -0.2) is 8.78 Å². The van der Waals surface area contributed by atoms with Gasteiger partial charge in [0.15, 0.2) is 0 Å². The summed E-state index contributed by atoms with van der Waals surface area (Å²) in [5.74, 6) is 0.356. The topological polar surface area (TPSA) is 3.24 Å². The van der Waals surface area contributed by atoms with Gasteiger partial charge in [-0.15, -0.1) is 0 Å². The number of rotatable bonds is 1. The fourth-order valence-corrected chi connectivity index (χ4v) is 2.99. The third kappa shape index (κ3) is 1.28. The predicted octanol–water partition coefficient (Wildman–Crippen LogP) is 2.17. The normalized spacial score (nSPS) is 38.5. The molecule has 0 N–H and O–H groups in total. The highest BCUT2D eigenvalue weighted by Crippen LogP contribution is 2.45. The van der Waals surface area contributed by atoms with Crippen LogP contribution in [-0.2, 0) is 0 Å². The zero-order valence-electron chi connectivity index (χ0n) is 8.26. The van der Waals surface area contributed by atoms with Crippen molar-refractivity contribution in [2.45, 2.75) is 44.6 Å². The highest BCUT2D eigenvalue weighted by molar-refractivity contribution is 5.07. The second kappa shape index (κ2) is 2.91. The Labute approximate surface area is 78.1 Å². The van der Waals surface area contributed by atoms with E-state index in [9.17, 15) is 8.78 Å². The van der Waals surface area contributed by atoms with Crippen molar-refractivity contribution < 1.29 is 8.78 Å². The maximum atomic E-state index is 13.2. The van der Waals surface area contributed by atoms with E-state index in [4.69, 9.17) is 0 Å². The molecule has 0 bridgehead atoms. The minimum absolute atomic E-state index is 0.168. The van der Waals surface area contributed by atoms with Crippen molar-refractivity contribution in [2.24, 2.45) is 5.92 Å². The van der Waals surface area contributed by atoms with E-state index >= 15 is 0 Å². The van der Waals surface area contributed by atoms with Crippen LogP contribution in [0.1, 0.15) is 26.7 Å². The van der Waals surface area contributed by atoms with Crippen LogP contribution in [0.25, 0.3) is 0 Å². The first-order valence-corrected chi connectivity index (χ1v) is 5.08. The molecule has 2 aliphatic rings. The van der Waals surface area contributed by atoms with Crippen molar-refractivity contribution >= 4 is 0 Å². The maximum absolute atomic E-state index is 13.2. The number of hydrogen-bond donors (Lipinski definition) is 0.